The van der Waals surface area contributed by atoms with Gasteiger partial charge in [0.2, 0.25) is 23.5 Å². The maximum atomic E-state index is 11.5. The van der Waals surface area contributed by atoms with E-state index in [2.05, 4.69) is 32.7 Å². The molecule has 3 N–H and O–H groups in total. The third-order valence-corrected chi connectivity index (χ3v) is 10.8. The fourth-order valence-electron chi connectivity index (χ4n) is 7.49. The number of aromatic nitrogens is 2. The van der Waals surface area contributed by atoms with Gasteiger partial charge in [0.15, 0.2) is 0 Å². The molecule has 0 saturated carbocycles. The number of amides is 1. The van der Waals surface area contributed by atoms with Crippen molar-refractivity contribution in [1.29, 1.82) is 0 Å². The van der Waals surface area contributed by atoms with E-state index in [1.165, 1.54) is 0 Å². The van der Waals surface area contributed by atoms with E-state index in [0.29, 0.717) is 78.9 Å². The van der Waals surface area contributed by atoms with Crippen molar-refractivity contribution >= 4 is 35.1 Å². The zero-order valence-corrected chi connectivity index (χ0v) is 30.6. The number of hydrogen-bond acceptors (Lipinski definition) is 9. The number of carbonyl (C=O) groups excluding carboxylic acids is 1. The van der Waals surface area contributed by atoms with Crippen LogP contribution in [0.4, 0.5) is 0 Å². The van der Waals surface area contributed by atoms with Crippen LogP contribution in [-0.4, -0.2) is 71.7 Å². The molecular formula is C39H41Cl2N5O6. The van der Waals surface area contributed by atoms with E-state index in [-0.39, 0.29) is 24.0 Å². The zero-order valence-electron chi connectivity index (χ0n) is 29.1. The largest absolute Gasteiger partial charge is 0.481 e. The van der Waals surface area contributed by atoms with Crippen molar-refractivity contribution in [1.82, 2.24) is 25.5 Å². The maximum absolute atomic E-state index is 11.5. The first kappa shape index (κ1) is 36.0. The minimum atomic E-state index is -0.773. The van der Waals surface area contributed by atoms with Crippen LogP contribution < -0.4 is 24.8 Å². The molecule has 1 aliphatic carbocycles. The summed E-state index contributed by atoms with van der Waals surface area (Å²) in [5.74, 6) is 0.165. The molecule has 3 aliphatic rings. The fraction of sp³-hybridized carbons (Fsp3) is 0.385. The summed E-state index contributed by atoms with van der Waals surface area (Å²) in [6, 6.07) is 18.0. The number of pyridine rings is 2. The third kappa shape index (κ3) is 7.54. The van der Waals surface area contributed by atoms with Gasteiger partial charge in [-0.25, -0.2) is 4.98 Å². The van der Waals surface area contributed by atoms with Crippen LogP contribution in [-0.2, 0) is 29.1 Å². The van der Waals surface area contributed by atoms with E-state index in [4.69, 9.17) is 42.4 Å². The van der Waals surface area contributed by atoms with E-state index < -0.39 is 5.97 Å². The molecule has 52 heavy (non-hydrogen) atoms. The molecule has 2 fully saturated rings. The lowest BCUT2D eigenvalue weighted by atomic mass is 9.94. The van der Waals surface area contributed by atoms with Crippen molar-refractivity contribution in [3.63, 3.8) is 0 Å². The first-order valence-electron chi connectivity index (χ1n) is 17.5. The molecular weight excluding hydrogens is 705 g/mol. The molecule has 2 aromatic carbocycles. The van der Waals surface area contributed by atoms with Gasteiger partial charge in [0, 0.05) is 60.9 Å². The van der Waals surface area contributed by atoms with E-state index >= 15 is 0 Å². The molecule has 1 amide bonds. The summed E-state index contributed by atoms with van der Waals surface area (Å²) in [5.41, 5.74) is 7.32. The lowest BCUT2D eigenvalue weighted by molar-refractivity contribution is -0.141. The van der Waals surface area contributed by atoms with Gasteiger partial charge in [0.25, 0.3) is 0 Å². The summed E-state index contributed by atoms with van der Waals surface area (Å²) in [5, 5.41) is 16.7. The lowest BCUT2D eigenvalue weighted by Crippen LogP contribution is -2.35. The Morgan fingerprint density at radius 1 is 0.942 bits per heavy atom. The molecule has 4 aromatic rings. The lowest BCUT2D eigenvalue weighted by Gasteiger charge is -2.20. The number of rotatable bonds is 13. The summed E-state index contributed by atoms with van der Waals surface area (Å²) >= 11 is 13.9. The smallest absolute Gasteiger partial charge is 0.307 e. The topological polar surface area (TPSA) is 135 Å². The molecule has 0 unspecified atom stereocenters. The standard InChI is InChI=1S/C39H41Cl2N5O6/c1-50-36-22(18-42-19-25-10-14-34(47)43-25)9-12-32(44-36)30-8-4-7-29(35(30)41)26-5-3-6-28-27(26)11-13-33(28)52-38-31(40)17-24(37(45-38)51-2)21-46-16-15-23(20-46)39(48)49/h3-9,12,17,23,25,33,42H,10-11,13-16,18-21H2,1-2H3,(H,43,47)(H,48,49)/t23-,25-,33-/m0/s1. The van der Waals surface area contributed by atoms with Gasteiger partial charge < -0.3 is 30.0 Å². The zero-order chi connectivity index (χ0) is 36.4. The summed E-state index contributed by atoms with van der Waals surface area (Å²) in [7, 11) is 3.16. The average Bonchev–Trinajstić information content (AvgIpc) is 3.90. The van der Waals surface area contributed by atoms with Crippen LogP contribution in [0, 0.1) is 5.92 Å². The molecule has 11 nitrogen and oxygen atoms in total. The van der Waals surface area contributed by atoms with E-state index in [0.717, 1.165) is 58.2 Å². The molecule has 272 valence electrons. The molecule has 0 radical (unpaired) electrons. The number of hydrogen-bond donors (Lipinski definition) is 3. The molecule has 0 spiro atoms. The molecule has 2 aliphatic heterocycles. The number of carboxylic acids is 1. The van der Waals surface area contributed by atoms with Crippen LogP contribution in [0.1, 0.15) is 54.0 Å². The summed E-state index contributed by atoms with van der Waals surface area (Å²) in [6.07, 6.45) is 3.26. The van der Waals surface area contributed by atoms with Crippen molar-refractivity contribution in [3.05, 3.63) is 86.9 Å². The minimum Gasteiger partial charge on any atom is -0.481 e. The molecule has 0 bridgehead atoms. The van der Waals surface area contributed by atoms with E-state index in [9.17, 15) is 14.7 Å². The Labute approximate surface area is 312 Å². The van der Waals surface area contributed by atoms with Crippen LogP contribution in [0.3, 0.4) is 0 Å². The van der Waals surface area contributed by atoms with Gasteiger partial charge in [0.05, 0.1) is 30.9 Å². The maximum Gasteiger partial charge on any atom is 0.307 e. The fourth-order valence-corrected chi connectivity index (χ4v) is 8.03. The Balaban J connectivity index is 1.08. The molecule has 2 aromatic heterocycles. The van der Waals surface area contributed by atoms with Crippen molar-refractivity contribution < 1.29 is 28.9 Å². The number of fused-ring (bicyclic) bond motifs is 1. The second kappa shape index (κ2) is 15.7. The van der Waals surface area contributed by atoms with Crippen LogP contribution in [0.5, 0.6) is 17.6 Å². The second-order valence-corrected chi connectivity index (χ2v) is 14.3. The predicted octanol–water partition coefficient (Wildman–Crippen LogP) is 6.48. The van der Waals surface area contributed by atoms with Crippen LogP contribution in [0.2, 0.25) is 10.0 Å². The van der Waals surface area contributed by atoms with Gasteiger partial charge in [-0.15, -0.1) is 0 Å². The number of nitrogens with one attached hydrogen (secondary N) is 2. The Morgan fingerprint density at radius 2 is 1.71 bits per heavy atom. The van der Waals surface area contributed by atoms with Gasteiger partial charge >= 0.3 is 5.97 Å². The van der Waals surface area contributed by atoms with Crippen molar-refractivity contribution in [3.8, 4) is 40.0 Å². The number of likely N-dealkylation sites (tertiary alicyclic amines) is 1. The van der Waals surface area contributed by atoms with Gasteiger partial charge in [-0.05, 0) is 61.1 Å². The number of methoxy groups -OCH3 is 2. The average molecular weight is 747 g/mol. The Kier molecular flexibility index (Phi) is 10.8. The number of nitrogens with zero attached hydrogens (tertiary/aromatic N) is 3. The summed E-state index contributed by atoms with van der Waals surface area (Å²) < 4.78 is 17.8. The SMILES string of the molecule is COc1nc(-c2cccc(-c3cccc4c3CC[C@@H]4Oc3nc(OC)c(CN4CC[C@H](C(=O)O)C4)cc3Cl)c2Cl)ccc1CNC[C@@H]1CCC(=O)N1. The number of benzene rings is 2. The highest BCUT2D eigenvalue weighted by molar-refractivity contribution is 6.36. The number of carboxylic acid groups (broad SMARTS) is 1. The predicted molar refractivity (Wildman–Crippen MR) is 198 cm³/mol. The molecule has 7 rings (SSSR count). The normalized spacial score (nSPS) is 19.8. The Morgan fingerprint density at radius 3 is 2.46 bits per heavy atom. The number of aliphatic carboxylic acids is 1. The van der Waals surface area contributed by atoms with Crippen molar-refractivity contribution in [2.75, 3.05) is 33.9 Å². The first-order valence-corrected chi connectivity index (χ1v) is 18.3. The number of carbonyl (C=O) groups is 2. The van der Waals surface area contributed by atoms with Crippen LogP contribution in [0.25, 0.3) is 22.4 Å². The number of ether oxygens (including phenoxy) is 3. The molecule has 3 atom stereocenters. The minimum absolute atomic E-state index is 0.0991. The highest BCUT2D eigenvalue weighted by Gasteiger charge is 2.31. The van der Waals surface area contributed by atoms with Gasteiger partial charge in [-0.2, -0.15) is 4.98 Å². The van der Waals surface area contributed by atoms with Gasteiger partial charge in [0.1, 0.15) is 11.1 Å². The number of halogens is 2. The van der Waals surface area contributed by atoms with Gasteiger partial charge in [-0.1, -0.05) is 65.7 Å². The Hall–Kier alpha value is -4.42. The highest BCUT2D eigenvalue weighted by atomic mass is 35.5. The molecule has 2 saturated heterocycles. The van der Waals surface area contributed by atoms with Crippen molar-refractivity contribution in [2.45, 2.75) is 57.3 Å². The highest BCUT2D eigenvalue weighted by Crippen LogP contribution is 2.45. The summed E-state index contributed by atoms with van der Waals surface area (Å²) in [4.78, 5) is 34.5. The molecule has 13 heteroatoms. The molecule has 4 heterocycles. The van der Waals surface area contributed by atoms with Crippen LogP contribution in [0.15, 0.2) is 54.6 Å². The van der Waals surface area contributed by atoms with Crippen molar-refractivity contribution in [2.24, 2.45) is 5.92 Å². The van der Waals surface area contributed by atoms with Crippen LogP contribution >= 0.6 is 23.2 Å². The monoisotopic (exact) mass is 745 g/mol. The van der Waals surface area contributed by atoms with Gasteiger partial charge in [-0.3, -0.25) is 14.5 Å². The van der Waals surface area contributed by atoms with E-state index in [1.807, 2.05) is 36.4 Å². The third-order valence-electron chi connectivity index (χ3n) is 10.1. The second-order valence-electron chi connectivity index (χ2n) is 13.5. The van der Waals surface area contributed by atoms with E-state index in [1.54, 1.807) is 20.3 Å². The Bertz CT molecular complexity index is 1990. The first-order chi connectivity index (χ1) is 25.2. The summed E-state index contributed by atoms with van der Waals surface area (Å²) in [6.45, 7) is 2.88. The quantitative estimate of drug-likeness (QED) is 0.140.